The summed E-state index contributed by atoms with van der Waals surface area (Å²) in [4.78, 5) is 15.5. The Morgan fingerprint density at radius 3 is 0.586 bits per heavy atom. The zero-order valence-electron chi connectivity index (χ0n) is 26.1. The van der Waals surface area contributed by atoms with E-state index >= 15 is 4.79 Å². The van der Waals surface area contributed by atoms with Crippen molar-refractivity contribution in [2.45, 2.75) is 156 Å². The molecule has 0 N–H and O–H groups in total. The zero-order valence-corrected chi connectivity index (χ0v) is 27.3. The van der Waals surface area contributed by atoms with Gasteiger partial charge in [0.15, 0.2) is 0 Å². The molecule has 0 aromatic carbocycles. The molecule has 180 valence electrons. The van der Waals surface area contributed by atoms with E-state index in [4.69, 9.17) is 0 Å². The summed E-state index contributed by atoms with van der Waals surface area (Å²) in [5, 5.41) is 0.378. The maximum Gasteiger partial charge on any atom is 3.00 e. The molecule has 4 heteroatoms. The zero-order chi connectivity index (χ0) is 23.6. The first-order valence-electron chi connectivity index (χ1n) is 11.0. The van der Waals surface area contributed by atoms with Gasteiger partial charge in [0.2, 0.25) is 0 Å². The molecule has 0 aliphatic heterocycles. The fraction of sp³-hybridized carbons (Fsp3) is 0.960. The van der Waals surface area contributed by atoms with Crippen molar-refractivity contribution in [1.29, 1.82) is 0 Å². The van der Waals surface area contributed by atoms with Crippen LogP contribution in [0.15, 0.2) is 0 Å². The van der Waals surface area contributed by atoms with E-state index in [-0.39, 0.29) is 55.3 Å². The van der Waals surface area contributed by atoms with Crippen LogP contribution in [0, 0.1) is 0 Å². The second-order valence-corrected chi connectivity index (χ2v) is 26.5. The van der Waals surface area contributed by atoms with Crippen molar-refractivity contribution in [2.24, 2.45) is 0 Å². The number of carbonyl (C=O) groups excluding carboxylic acids is 1. The first-order valence-corrected chi connectivity index (χ1v) is 14.6. The van der Waals surface area contributed by atoms with Crippen LogP contribution in [0.3, 0.4) is 0 Å². The first kappa shape index (κ1) is 32.4. The molecule has 0 aliphatic rings. The molecular weight excluding hydrogens is 570 g/mol. The van der Waals surface area contributed by atoms with Gasteiger partial charge in [-0.1, -0.05) is 0 Å². The van der Waals surface area contributed by atoms with Gasteiger partial charge in [0.25, 0.3) is 0 Å². The minimum absolute atomic E-state index is 0. The summed E-state index contributed by atoms with van der Waals surface area (Å²) in [6.45, 7) is 42.2. The maximum atomic E-state index is 15.5. The molecule has 0 aromatic rings. The van der Waals surface area contributed by atoms with Gasteiger partial charge in [0.05, 0.1) is 30.9 Å². The van der Waals surface area contributed by atoms with E-state index < -0.39 is 14.5 Å². The molecule has 0 fully saturated rings. The molecule has 0 saturated carbocycles. The number of hydrogen-bond acceptors (Lipinski definition) is 1. The van der Waals surface area contributed by atoms with Gasteiger partial charge < -0.3 is 4.28 Å². The third kappa shape index (κ3) is 4.78. The molecule has 0 heterocycles. The van der Waals surface area contributed by atoms with Crippen molar-refractivity contribution in [2.75, 3.05) is 0 Å². The second kappa shape index (κ2) is 8.51. The first-order chi connectivity index (χ1) is 11.7. The normalized spacial score (nSPS) is 15.8. The van der Waals surface area contributed by atoms with Crippen LogP contribution in [0.2, 0.25) is 0 Å². The molecule has 1 nitrogen and oxygen atoms in total. The maximum absolute atomic E-state index is 15.5. The van der Waals surface area contributed by atoms with Crippen molar-refractivity contribution in [3.05, 3.63) is 0 Å². The Morgan fingerprint density at radius 1 is 0.414 bits per heavy atom. The number of hydrogen-bond donors (Lipinski definition) is 0. The average Bonchev–Trinajstić information content (AvgIpc) is 2.14. The monoisotopic (exact) mass is 628 g/mol. The van der Waals surface area contributed by atoms with Gasteiger partial charge in [-0.2, -0.15) is 0 Å². The van der Waals surface area contributed by atoms with Crippen LogP contribution in [0.5, 0.6) is 0 Å². The molecule has 0 unspecified atom stereocenters. The van der Waals surface area contributed by atoms with E-state index in [2.05, 4.69) is 125 Å². The van der Waals surface area contributed by atoms with Crippen LogP contribution >= 0.6 is 14.5 Å². The summed E-state index contributed by atoms with van der Waals surface area (Å²) >= 11 is 0. The van der Waals surface area contributed by atoms with Crippen molar-refractivity contribution in [3.63, 3.8) is 0 Å². The molecule has 0 rings (SSSR count). The topological polar surface area (TPSA) is 17.1 Å². The van der Waals surface area contributed by atoms with Gasteiger partial charge in [-0.3, -0.25) is 0 Å². The van der Waals surface area contributed by atoms with E-state index in [1.807, 2.05) is 0 Å². The molecular formula is C25H57IrOP2+2. The van der Waals surface area contributed by atoms with Crippen LogP contribution in [0.4, 0.5) is 4.79 Å². The third-order valence-corrected chi connectivity index (χ3v) is 21.6. The smallest absolute Gasteiger partial charge is 1.00 e. The summed E-state index contributed by atoms with van der Waals surface area (Å²) in [5.74, 6) is 0. The Balaban J connectivity index is -0.000000607. The SMILES string of the molecule is CC(C)(C)[P+](C(=O)[P+](C(C)(C)C)(C(C)(C)C)C(C)(C)C)(C(C)(C)C)C(C)(C)C.[H-].[H-].[H-].[Ir+3]. The average molecular weight is 628 g/mol. The standard InChI is InChI=1S/C25H54OP2.Ir.3H/c1-20(2,3)27(21(4,5)6,22(7,8)9)19(26)28(23(10,11)12,24(13,14)15)25(16,17)18;;;;/h1-18H3;;;;/q+2;+3;3*-1. The predicted molar refractivity (Wildman–Crippen MR) is 141 cm³/mol. The molecule has 0 bridgehead atoms. The van der Waals surface area contributed by atoms with Gasteiger partial charge in [-0.15, -0.1) is 0 Å². The fourth-order valence-electron chi connectivity index (χ4n) is 7.98. The Kier molecular flexibility index (Phi) is 9.50. The molecule has 29 heavy (non-hydrogen) atoms. The van der Waals surface area contributed by atoms with Crippen LogP contribution in [0.1, 0.15) is 129 Å². The van der Waals surface area contributed by atoms with Crippen molar-refractivity contribution in [1.82, 2.24) is 0 Å². The molecule has 0 aliphatic carbocycles. The molecule has 0 saturated heterocycles. The quantitative estimate of drug-likeness (QED) is 0.279. The van der Waals surface area contributed by atoms with Gasteiger partial charge in [0.1, 0.15) is 14.5 Å². The number of carbonyl (C=O) groups is 1. The van der Waals surface area contributed by atoms with E-state index in [9.17, 15) is 0 Å². The Bertz CT molecular complexity index is 470. The Labute approximate surface area is 204 Å². The van der Waals surface area contributed by atoms with Crippen LogP contribution < -0.4 is 0 Å². The Morgan fingerprint density at radius 2 is 0.517 bits per heavy atom. The van der Waals surface area contributed by atoms with Gasteiger partial charge in [-0.05, 0) is 125 Å². The summed E-state index contributed by atoms with van der Waals surface area (Å²) in [7, 11) is -4.28. The fourth-order valence-corrected chi connectivity index (χ4v) is 30.7. The van der Waals surface area contributed by atoms with E-state index in [0.717, 1.165) is 0 Å². The minimum atomic E-state index is -2.14. The minimum Gasteiger partial charge on any atom is -1.00 e. The third-order valence-electron chi connectivity index (χ3n) is 6.61. The summed E-state index contributed by atoms with van der Waals surface area (Å²) < 4.78 is 0. The van der Waals surface area contributed by atoms with E-state index in [1.54, 1.807) is 0 Å². The summed E-state index contributed by atoms with van der Waals surface area (Å²) in [6, 6.07) is 0. The Hall–Kier alpha value is 1.18. The van der Waals surface area contributed by atoms with Crippen LogP contribution in [-0.4, -0.2) is 36.2 Å². The molecule has 0 radical (unpaired) electrons. The van der Waals surface area contributed by atoms with Crippen molar-refractivity contribution < 1.29 is 29.2 Å². The van der Waals surface area contributed by atoms with Gasteiger partial charge >= 0.3 is 25.4 Å². The van der Waals surface area contributed by atoms with Crippen LogP contribution in [-0.2, 0) is 20.1 Å². The van der Waals surface area contributed by atoms with Gasteiger partial charge in [0, 0.05) is 0 Å². The molecule has 0 aromatic heterocycles. The second-order valence-electron chi connectivity index (χ2n) is 14.6. The predicted octanol–water partition coefficient (Wildman–Crippen LogP) is 10.3. The molecule has 0 spiro atoms. The van der Waals surface area contributed by atoms with E-state index in [0.29, 0.717) is 5.27 Å². The molecule has 0 amide bonds. The van der Waals surface area contributed by atoms with Crippen molar-refractivity contribution >= 4 is 19.8 Å². The summed E-state index contributed by atoms with van der Waals surface area (Å²) in [6.07, 6.45) is 0. The van der Waals surface area contributed by atoms with Crippen LogP contribution in [0.25, 0.3) is 0 Å². The van der Waals surface area contributed by atoms with E-state index in [1.165, 1.54) is 0 Å². The number of rotatable bonds is 2. The van der Waals surface area contributed by atoms with Crippen molar-refractivity contribution in [3.8, 4) is 0 Å². The van der Waals surface area contributed by atoms with Gasteiger partial charge in [-0.25, -0.2) is 4.79 Å². The largest absolute Gasteiger partial charge is 3.00 e. The summed E-state index contributed by atoms with van der Waals surface area (Å²) in [5.41, 5.74) is 0. The molecule has 0 atom stereocenters.